The van der Waals surface area contributed by atoms with E-state index in [2.05, 4.69) is 0 Å². The number of rotatable bonds is 3. The second-order valence-electron chi connectivity index (χ2n) is 6.47. The van der Waals surface area contributed by atoms with Gasteiger partial charge in [0.1, 0.15) is 5.41 Å². The van der Waals surface area contributed by atoms with Gasteiger partial charge in [-0.05, 0) is 39.1 Å². The van der Waals surface area contributed by atoms with Crippen LogP contribution in [0.4, 0.5) is 4.79 Å². The molecule has 0 aliphatic carbocycles. The van der Waals surface area contributed by atoms with Gasteiger partial charge in [-0.15, -0.1) is 11.3 Å². The fourth-order valence-electron chi connectivity index (χ4n) is 2.79. The molecule has 1 atom stereocenters. The summed E-state index contributed by atoms with van der Waals surface area (Å²) in [7, 11) is 0. The summed E-state index contributed by atoms with van der Waals surface area (Å²) in [6.07, 6.45) is -1.99. The third-order valence-electron chi connectivity index (χ3n) is 4.15. The van der Waals surface area contributed by atoms with Gasteiger partial charge in [-0.3, -0.25) is 4.79 Å². The molecule has 1 N–H and O–H groups in total. The molecule has 1 amide bonds. The average Bonchev–Trinajstić information content (AvgIpc) is 3.04. The van der Waals surface area contributed by atoms with Crippen LogP contribution in [0.2, 0.25) is 0 Å². The number of allylic oxidation sites excluding steroid dienone is 1. The van der Waals surface area contributed by atoms with Gasteiger partial charge < -0.3 is 14.6 Å². The van der Waals surface area contributed by atoms with Crippen molar-refractivity contribution in [3.63, 3.8) is 0 Å². The highest BCUT2D eigenvalue weighted by Crippen LogP contribution is 2.52. The molecular formula is C15H17NO5S. The fraction of sp³-hybridized carbons (Fsp3) is 0.467. The topological polar surface area (TPSA) is 76.1 Å². The Morgan fingerprint density at radius 2 is 2.18 bits per heavy atom. The lowest BCUT2D eigenvalue weighted by atomic mass is 9.81. The second kappa shape index (κ2) is 4.49. The molecular weight excluding hydrogens is 306 g/mol. The highest BCUT2D eigenvalue weighted by Gasteiger charge is 2.64. The zero-order valence-corrected chi connectivity index (χ0v) is 13.6. The Hall–Kier alpha value is -2.02. The summed E-state index contributed by atoms with van der Waals surface area (Å²) in [6.45, 7) is 7.39. The van der Waals surface area contributed by atoms with Crippen LogP contribution in [-0.4, -0.2) is 28.3 Å². The second-order valence-corrected chi connectivity index (χ2v) is 7.42. The SMILES string of the molecule is CC(C)(C1=C(OC(=O)O)N2C(=O)C(C)(C)C2O1)c1cccs1. The van der Waals surface area contributed by atoms with E-state index < -0.39 is 23.2 Å². The predicted molar refractivity (Wildman–Crippen MR) is 79.0 cm³/mol. The first kappa shape index (κ1) is 14.9. The minimum Gasteiger partial charge on any atom is -0.467 e. The van der Waals surface area contributed by atoms with Gasteiger partial charge in [-0.2, -0.15) is 0 Å². The van der Waals surface area contributed by atoms with Crippen LogP contribution in [0.3, 0.4) is 0 Å². The first-order valence-corrected chi connectivity index (χ1v) is 7.75. The van der Waals surface area contributed by atoms with E-state index in [0.717, 1.165) is 4.88 Å². The minimum absolute atomic E-state index is 0.0137. The summed E-state index contributed by atoms with van der Waals surface area (Å²) in [4.78, 5) is 25.6. The van der Waals surface area contributed by atoms with Crippen LogP contribution in [0.1, 0.15) is 32.6 Å². The number of nitrogens with zero attached hydrogens (tertiary/aromatic N) is 1. The van der Waals surface area contributed by atoms with E-state index in [-0.39, 0.29) is 11.8 Å². The smallest absolute Gasteiger partial charge is 0.467 e. The maximum absolute atomic E-state index is 12.3. The third kappa shape index (κ3) is 1.85. The summed E-state index contributed by atoms with van der Waals surface area (Å²) in [6, 6.07) is 3.86. The Morgan fingerprint density at radius 3 is 2.73 bits per heavy atom. The lowest BCUT2D eigenvalue weighted by Gasteiger charge is -2.46. The van der Waals surface area contributed by atoms with Gasteiger partial charge in [-0.25, -0.2) is 9.69 Å². The monoisotopic (exact) mass is 323 g/mol. The van der Waals surface area contributed by atoms with E-state index in [9.17, 15) is 9.59 Å². The molecule has 0 radical (unpaired) electrons. The number of thiophene rings is 1. The molecule has 2 aliphatic heterocycles. The Bertz CT molecular complexity index is 674. The number of hydrogen-bond acceptors (Lipinski definition) is 5. The molecule has 1 saturated heterocycles. The van der Waals surface area contributed by atoms with Crippen molar-refractivity contribution in [2.75, 3.05) is 0 Å². The highest BCUT2D eigenvalue weighted by molar-refractivity contribution is 7.10. The maximum Gasteiger partial charge on any atom is 0.512 e. The van der Waals surface area contributed by atoms with Crippen LogP contribution < -0.4 is 0 Å². The van der Waals surface area contributed by atoms with Gasteiger partial charge in [0.25, 0.3) is 5.88 Å². The van der Waals surface area contributed by atoms with Crippen molar-refractivity contribution in [1.29, 1.82) is 0 Å². The quantitative estimate of drug-likeness (QED) is 0.683. The van der Waals surface area contributed by atoms with Gasteiger partial charge >= 0.3 is 6.16 Å². The molecule has 6 nitrogen and oxygen atoms in total. The molecule has 1 aromatic heterocycles. The number of carboxylic acid groups (broad SMARTS) is 1. The number of hydrogen-bond donors (Lipinski definition) is 1. The lowest BCUT2D eigenvalue weighted by molar-refractivity contribution is -0.191. The molecule has 7 heteroatoms. The first-order valence-electron chi connectivity index (χ1n) is 6.87. The number of β-lactam (4-membered cyclic amide) rings is 1. The van der Waals surface area contributed by atoms with Gasteiger partial charge in [0.2, 0.25) is 5.91 Å². The van der Waals surface area contributed by atoms with E-state index in [1.54, 1.807) is 25.2 Å². The van der Waals surface area contributed by atoms with Gasteiger partial charge in [0.15, 0.2) is 12.0 Å². The maximum atomic E-state index is 12.3. The molecule has 118 valence electrons. The van der Waals surface area contributed by atoms with Crippen molar-refractivity contribution in [3.05, 3.63) is 34.0 Å². The highest BCUT2D eigenvalue weighted by atomic mass is 32.1. The molecule has 0 aromatic carbocycles. The Labute approximate surface area is 131 Å². The fourth-order valence-corrected chi connectivity index (χ4v) is 3.64. The van der Waals surface area contributed by atoms with E-state index in [4.69, 9.17) is 14.6 Å². The van der Waals surface area contributed by atoms with Crippen LogP contribution in [0.5, 0.6) is 0 Å². The van der Waals surface area contributed by atoms with Crippen molar-refractivity contribution in [1.82, 2.24) is 4.90 Å². The van der Waals surface area contributed by atoms with E-state index >= 15 is 0 Å². The molecule has 1 fully saturated rings. The average molecular weight is 323 g/mol. The summed E-state index contributed by atoms with van der Waals surface area (Å²) < 4.78 is 10.8. The zero-order valence-electron chi connectivity index (χ0n) is 12.7. The number of ether oxygens (including phenoxy) is 2. The summed E-state index contributed by atoms with van der Waals surface area (Å²) in [5, 5.41) is 10.9. The molecule has 1 aromatic rings. The first-order chi connectivity index (χ1) is 10.2. The van der Waals surface area contributed by atoms with Crippen LogP contribution in [0.25, 0.3) is 0 Å². The molecule has 22 heavy (non-hydrogen) atoms. The summed E-state index contributed by atoms with van der Waals surface area (Å²) >= 11 is 1.54. The van der Waals surface area contributed by atoms with Crippen LogP contribution in [0.15, 0.2) is 29.2 Å². The van der Waals surface area contributed by atoms with Crippen molar-refractivity contribution in [3.8, 4) is 0 Å². The molecule has 0 spiro atoms. The molecule has 0 bridgehead atoms. The molecule has 3 heterocycles. The van der Waals surface area contributed by atoms with Gasteiger partial charge in [0.05, 0.1) is 5.41 Å². The Kier molecular flexibility index (Phi) is 3.04. The summed E-state index contributed by atoms with van der Waals surface area (Å²) in [5.41, 5.74) is -1.28. The van der Waals surface area contributed by atoms with Crippen molar-refractivity contribution in [2.24, 2.45) is 5.41 Å². The number of fused-ring (bicyclic) bond motifs is 1. The Morgan fingerprint density at radius 1 is 1.50 bits per heavy atom. The van der Waals surface area contributed by atoms with E-state index in [1.165, 1.54) is 4.90 Å². The molecule has 2 aliphatic rings. The van der Waals surface area contributed by atoms with Crippen molar-refractivity contribution < 1.29 is 24.2 Å². The molecule has 1 unspecified atom stereocenters. The van der Waals surface area contributed by atoms with E-state index in [0.29, 0.717) is 5.76 Å². The van der Waals surface area contributed by atoms with Crippen molar-refractivity contribution >= 4 is 23.4 Å². The molecule has 3 rings (SSSR count). The Balaban J connectivity index is 2.06. The lowest BCUT2D eigenvalue weighted by Crippen LogP contribution is -2.64. The molecule has 0 saturated carbocycles. The number of carbonyl (C=O) groups is 2. The normalized spacial score (nSPS) is 23.0. The zero-order chi connectivity index (χ0) is 16.3. The number of amides is 1. The van der Waals surface area contributed by atoms with Crippen LogP contribution in [-0.2, 0) is 19.7 Å². The van der Waals surface area contributed by atoms with Crippen molar-refractivity contribution in [2.45, 2.75) is 39.3 Å². The number of carbonyl (C=O) groups excluding carboxylic acids is 1. The standard InChI is InChI=1S/C15H17NO5S/c1-14(2,8-6-5-7-22-8)9-10(21-13(18)19)16-11(17)15(3,4)12(16)20-9/h5-7,12H,1-4H3,(H,18,19). The van der Waals surface area contributed by atoms with E-state index in [1.807, 2.05) is 31.4 Å². The van der Waals surface area contributed by atoms with Crippen LogP contribution in [0, 0.1) is 5.41 Å². The largest absolute Gasteiger partial charge is 0.512 e. The summed E-state index contributed by atoms with van der Waals surface area (Å²) in [5.74, 6) is 0.159. The third-order valence-corrected chi connectivity index (χ3v) is 5.35. The van der Waals surface area contributed by atoms with Crippen LogP contribution >= 0.6 is 11.3 Å². The van der Waals surface area contributed by atoms with Gasteiger partial charge in [0, 0.05) is 4.88 Å². The predicted octanol–water partition coefficient (Wildman–Crippen LogP) is 3.11. The van der Waals surface area contributed by atoms with Gasteiger partial charge in [-0.1, -0.05) is 6.07 Å². The minimum atomic E-state index is -1.46.